The fraction of sp³-hybridized carbons (Fsp3) is 0.500. The quantitative estimate of drug-likeness (QED) is 0.680. The molecule has 1 aromatic rings. The van der Waals surface area contributed by atoms with Gasteiger partial charge in [0.1, 0.15) is 0 Å². The number of halogens is 1. The van der Waals surface area contributed by atoms with E-state index in [0.29, 0.717) is 11.8 Å². The lowest BCUT2D eigenvalue weighted by atomic mass is 9.85. The molecule has 1 aromatic carbocycles. The van der Waals surface area contributed by atoms with Crippen LogP contribution >= 0.6 is 11.6 Å². The van der Waals surface area contributed by atoms with E-state index in [1.807, 2.05) is 12.1 Å². The van der Waals surface area contributed by atoms with Crippen molar-refractivity contribution >= 4 is 11.6 Å². The largest absolute Gasteiger partial charge is 0.306 e. The molecule has 0 saturated carbocycles. The molecule has 0 aliphatic rings. The van der Waals surface area contributed by atoms with Crippen LogP contribution in [0.3, 0.4) is 0 Å². The van der Waals surface area contributed by atoms with Crippen LogP contribution in [0, 0.1) is 5.92 Å². The van der Waals surface area contributed by atoms with E-state index in [1.165, 1.54) is 11.1 Å². The highest BCUT2D eigenvalue weighted by atomic mass is 35.5. The van der Waals surface area contributed by atoms with Crippen molar-refractivity contribution in [2.75, 3.05) is 20.1 Å². The van der Waals surface area contributed by atoms with Gasteiger partial charge in [0.2, 0.25) is 0 Å². The second-order valence-corrected chi connectivity index (χ2v) is 5.63. The number of nitrogens with zero attached hydrogens (tertiary/aromatic N) is 1. The lowest BCUT2D eigenvalue weighted by Gasteiger charge is -2.27. The van der Waals surface area contributed by atoms with Crippen molar-refractivity contribution in [1.29, 1.82) is 0 Å². The minimum atomic E-state index is 0.382. The summed E-state index contributed by atoms with van der Waals surface area (Å²) in [5.41, 5.74) is 2.59. The van der Waals surface area contributed by atoms with Gasteiger partial charge in [0.25, 0.3) is 0 Å². The van der Waals surface area contributed by atoms with Crippen LogP contribution in [-0.4, -0.2) is 25.0 Å². The van der Waals surface area contributed by atoms with Gasteiger partial charge in [-0.2, -0.15) is 0 Å². The Morgan fingerprint density at radius 3 is 2.28 bits per heavy atom. The molecule has 100 valence electrons. The summed E-state index contributed by atoms with van der Waals surface area (Å²) < 4.78 is 0. The molecule has 0 spiro atoms. The molecule has 0 aromatic heterocycles. The van der Waals surface area contributed by atoms with Crippen molar-refractivity contribution < 1.29 is 0 Å². The highest BCUT2D eigenvalue weighted by Gasteiger charge is 2.18. The third-order valence-corrected chi connectivity index (χ3v) is 3.75. The molecule has 1 nitrogen and oxygen atoms in total. The van der Waals surface area contributed by atoms with Crippen molar-refractivity contribution in [2.45, 2.75) is 26.7 Å². The molecule has 18 heavy (non-hydrogen) atoms. The minimum Gasteiger partial charge on any atom is -0.306 e. The Hall–Kier alpha value is -0.790. The average molecular weight is 266 g/mol. The number of likely N-dealkylation sites (N-methyl/N-ethyl adjacent to an activating group) is 1. The van der Waals surface area contributed by atoms with Gasteiger partial charge in [0.15, 0.2) is 0 Å². The molecule has 0 aliphatic heterocycles. The van der Waals surface area contributed by atoms with Gasteiger partial charge in [-0.25, -0.2) is 0 Å². The highest BCUT2D eigenvalue weighted by Crippen LogP contribution is 2.29. The van der Waals surface area contributed by atoms with Gasteiger partial charge in [-0.3, -0.25) is 0 Å². The molecule has 0 aliphatic carbocycles. The Morgan fingerprint density at radius 2 is 1.83 bits per heavy atom. The predicted octanol–water partition coefficient (Wildman–Crippen LogP) is 4.59. The van der Waals surface area contributed by atoms with Crippen LogP contribution in [0.25, 0.3) is 0 Å². The molecule has 0 radical (unpaired) electrons. The van der Waals surface area contributed by atoms with Crippen LogP contribution in [0.15, 0.2) is 36.4 Å². The summed E-state index contributed by atoms with van der Waals surface area (Å²) in [7, 11) is 2.15. The zero-order chi connectivity index (χ0) is 13.7. The van der Waals surface area contributed by atoms with E-state index in [2.05, 4.69) is 51.4 Å². The third-order valence-electron chi connectivity index (χ3n) is 3.50. The second-order valence-electron chi connectivity index (χ2n) is 5.19. The normalized spacial score (nSPS) is 13.1. The Balaban J connectivity index is 2.96. The van der Waals surface area contributed by atoms with Gasteiger partial charge in [-0.1, -0.05) is 56.7 Å². The van der Waals surface area contributed by atoms with Crippen LogP contribution < -0.4 is 0 Å². The van der Waals surface area contributed by atoms with Crippen LogP contribution in [-0.2, 0) is 0 Å². The summed E-state index contributed by atoms with van der Waals surface area (Å²) in [6, 6.07) is 8.15. The third kappa shape index (κ3) is 4.15. The fourth-order valence-electron chi connectivity index (χ4n) is 1.97. The predicted molar refractivity (Wildman–Crippen MR) is 81.3 cm³/mol. The van der Waals surface area contributed by atoms with E-state index in [9.17, 15) is 0 Å². The maximum Gasteiger partial charge on any atom is 0.0406 e. The van der Waals surface area contributed by atoms with Gasteiger partial charge < -0.3 is 4.90 Å². The highest BCUT2D eigenvalue weighted by molar-refractivity contribution is 6.30. The maximum atomic E-state index is 5.96. The van der Waals surface area contributed by atoms with E-state index < -0.39 is 0 Å². The zero-order valence-electron chi connectivity index (χ0n) is 11.9. The molecular weight excluding hydrogens is 242 g/mol. The van der Waals surface area contributed by atoms with E-state index in [-0.39, 0.29) is 0 Å². The maximum absolute atomic E-state index is 5.96. The lowest BCUT2D eigenvalue weighted by Crippen LogP contribution is -2.26. The van der Waals surface area contributed by atoms with Crippen molar-refractivity contribution in [1.82, 2.24) is 4.90 Å². The Kier molecular flexibility index (Phi) is 5.90. The summed E-state index contributed by atoms with van der Waals surface area (Å²) in [6.45, 7) is 12.9. The summed E-state index contributed by atoms with van der Waals surface area (Å²) in [4.78, 5) is 2.33. The molecular formula is C16H24ClN. The monoisotopic (exact) mass is 265 g/mol. The molecule has 0 amide bonds. The first-order valence-electron chi connectivity index (χ1n) is 6.58. The topological polar surface area (TPSA) is 3.24 Å². The first-order valence-corrected chi connectivity index (χ1v) is 6.96. The second kappa shape index (κ2) is 6.96. The molecule has 2 heteroatoms. The van der Waals surface area contributed by atoms with Crippen molar-refractivity contribution in [3.63, 3.8) is 0 Å². The molecule has 1 atom stereocenters. The molecule has 0 heterocycles. The van der Waals surface area contributed by atoms with E-state index in [4.69, 9.17) is 11.6 Å². The van der Waals surface area contributed by atoms with Crippen LogP contribution in [0.4, 0.5) is 0 Å². The number of hydrogen-bond acceptors (Lipinski definition) is 1. The number of rotatable bonds is 6. The molecule has 1 unspecified atom stereocenters. The fourth-order valence-corrected chi connectivity index (χ4v) is 2.10. The van der Waals surface area contributed by atoms with Gasteiger partial charge in [-0.05, 0) is 37.2 Å². The molecule has 0 saturated heterocycles. The Morgan fingerprint density at radius 1 is 1.28 bits per heavy atom. The summed E-state index contributed by atoms with van der Waals surface area (Å²) >= 11 is 5.96. The van der Waals surface area contributed by atoms with Gasteiger partial charge in [0.05, 0.1) is 0 Å². The van der Waals surface area contributed by atoms with E-state index in [0.717, 1.165) is 18.1 Å². The van der Waals surface area contributed by atoms with Crippen molar-refractivity contribution in [2.24, 2.45) is 5.92 Å². The zero-order valence-corrected chi connectivity index (χ0v) is 12.7. The van der Waals surface area contributed by atoms with Crippen LogP contribution in [0.2, 0.25) is 5.02 Å². The van der Waals surface area contributed by atoms with Crippen molar-refractivity contribution in [3.8, 4) is 0 Å². The van der Waals surface area contributed by atoms with Crippen LogP contribution in [0.5, 0.6) is 0 Å². The Bertz CT molecular complexity index is 381. The smallest absolute Gasteiger partial charge is 0.0406 e. The van der Waals surface area contributed by atoms with Gasteiger partial charge in [-0.15, -0.1) is 0 Å². The Labute approximate surface area is 116 Å². The lowest BCUT2D eigenvalue weighted by molar-refractivity contribution is 0.334. The average Bonchev–Trinajstić information content (AvgIpc) is 2.36. The number of benzene rings is 1. The van der Waals surface area contributed by atoms with Crippen LogP contribution in [0.1, 0.15) is 32.3 Å². The summed E-state index contributed by atoms with van der Waals surface area (Å²) in [6.07, 6.45) is 0. The summed E-state index contributed by atoms with van der Waals surface area (Å²) in [5, 5.41) is 0.788. The standard InChI is InChI=1S/C16H24ClN/c1-6-18(5)11-16(13(4)12(2)3)14-7-9-15(17)10-8-14/h7-10,12,16H,4,6,11H2,1-3,5H3. The van der Waals surface area contributed by atoms with Gasteiger partial charge >= 0.3 is 0 Å². The van der Waals surface area contributed by atoms with E-state index >= 15 is 0 Å². The van der Waals surface area contributed by atoms with Crippen molar-refractivity contribution in [3.05, 3.63) is 47.0 Å². The number of hydrogen-bond donors (Lipinski definition) is 0. The molecule has 0 fully saturated rings. The molecule has 0 bridgehead atoms. The minimum absolute atomic E-state index is 0.382. The first kappa shape index (κ1) is 15.3. The van der Waals surface area contributed by atoms with E-state index in [1.54, 1.807) is 0 Å². The summed E-state index contributed by atoms with van der Waals surface area (Å²) in [5.74, 6) is 0.878. The molecule has 1 rings (SSSR count). The SMILES string of the molecule is C=C(C(C)C)C(CN(C)CC)c1ccc(Cl)cc1. The molecule has 0 N–H and O–H groups in total. The first-order chi connectivity index (χ1) is 8.45. The van der Waals surface area contributed by atoms with Gasteiger partial charge in [0, 0.05) is 17.5 Å².